The van der Waals surface area contributed by atoms with Gasteiger partial charge in [-0.15, -0.1) is 0 Å². The maximum atomic E-state index is 13.2. The topological polar surface area (TPSA) is 82.5 Å². The van der Waals surface area contributed by atoms with Gasteiger partial charge in [-0.3, -0.25) is 0 Å². The fourth-order valence-electron chi connectivity index (χ4n) is 4.10. The minimum absolute atomic E-state index is 0.0811. The number of nitrogens with zero attached hydrogens (tertiary/aromatic N) is 2. The Balaban J connectivity index is 1.73. The Morgan fingerprint density at radius 1 is 1.37 bits per heavy atom. The average molecular weight is 460 g/mol. The third-order valence-corrected chi connectivity index (χ3v) is 8.94. The first-order chi connectivity index (χ1) is 12.8. The van der Waals surface area contributed by atoms with E-state index in [1.165, 1.54) is 6.20 Å². The first-order valence-corrected chi connectivity index (χ1v) is 12.2. The molecule has 27 heavy (non-hydrogen) atoms. The summed E-state index contributed by atoms with van der Waals surface area (Å²) >= 11 is 3.54. The molecule has 1 aromatic rings. The Morgan fingerprint density at radius 2 is 2.11 bits per heavy atom. The van der Waals surface area contributed by atoms with Crippen LogP contribution in [-0.4, -0.2) is 48.0 Å². The Kier molecular flexibility index (Phi) is 6.82. The van der Waals surface area contributed by atoms with Crippen molar-refractivity contribution in [3.05, 3.63) is 16.2 Å². The Hall–Kier alpha value is -0.700. The quantitative estimate of drug-likeness (QED) is 0.649. The van der Waals surface area contributed by atoms with Gasteiger partial charge in [0.25, 0.3) is 0 Å². The summed E-state index contributed by atoms with van der Waals surface area (Å²) in [5.41, 5.74) is 0.701. The summed E-state index contributed by atoms with van der Waals surface area (Å²) in [5, 5.41) is 12.7. The van der Waals surface area contributed by atoms with Crippen molar-refractivity contribution in [2.45, 2.75) is 75.8 Å². The molecule has 2 N–H and O–H groups in total. The summed E-state index contributed by atoms with van der Waals surface area (Å²) < 4.78 is 28.9. The van der Waals surface area contributed by atoms with Crippen molar-refractivity contribution in [3.63, 3.8) is 0 Å². The van der Waals surface area contributed by atoms with Crippen LogP contribution in [0.25, 0.3) is 0 Å². The lowest BCUT2D eigenvalue weighted by Crippen LogP contribution is -2.43. The number of anilines is 1. The molecule has 2 fully saturated rings. The van der Waals surface area contributed by atoms with Gasteiger partial charge in [0.2, 0.25) is 10.0 Å². The van der Waals surface area contributed by atoms with E-state index in [-0.39, 0.29) is 12.1 Å². The molecule has 1 aliphatic heterocycles. The van der Waals surface area contributed by atoms with Crippen molar-refractivity contribution in [1.29, 1.82) is 0 Å². The maximum Gasteiger partial charge on any atom is 0.245 e. The normalized spacial score (nSPS) is 26.6. The summed E-state index contributed by atoms with van der Waals surface area (Å²) in [7, 11) is -3.54. The van der Waals surface area contributed by atoms with Gasteiger partial charge in [-0.2, -0.15) is 4.31 Å². The van der Waals surface area contributed by atoms with Gasteiger partial charge in [-0.05, 0) is 72.9 Å². The highest BCUT2D eigenvalue weighted by molar-refractivity contribution is 9.10. The fourth-order valence-corrected chi connectivity index (χ4v) is 6.63. The lowest BCUT2D eigenvalue weighted by molar-refractivity contribution is 0.0408. The molecule has 1 aromatic heterocycles. The van der Waals surface area contributed by atoms with E-state index in [9.17, 15) is 13.5 Å². The molecule has 0 spiro atoms. The third kappa shape index (κ3) is 4.49. The zero-order valence-electron chi connectivity index (χ0n) is 16.1. The molecule has 0 aromatic carbocycles. The SMILES string of the molecule is CCC1CCCCN1S(=O)(=O)c1cnc(NCCC2CC(O)C2)c(Br)c1C. The van der Waals surface area contributed by atoms with E-state index in [0.29, 0.717) is 33.2 Å². The van der Waals surface area contributed by atoms with Crippen LogP contribution < -0.4 is 5.32 Å². The second-order valence-corrected chi connectivity index (χ2v) is 10.4. The van der Waals surface area contributed by atoms with Crippen molar-refractivity contribution >= 4 is 31.8 Å². The van der Waals surface area contributed by atoms with Crippen LogP contribution in [0, 0.1) is 12.8 Å². The van der Waals surface area contributed by atoms with Crippen LogP contribution in [0.15, 0.2) is 15.6 Å². The molecular weight excluding hydrogens is 430 g/mol. The number of rotatable bonds is 7. The van der Waals surface area contributed by atoms with Gasteiger partial charge in [0.1, 0.15) is 10.7 Å². The highest BCUT2D eigenvalue weighted by atomic mass is 79.9. The molecule has 0 radical (unpaired) electrons. The number of aliphatic hydroxyl groups excluding tert-OH is 1. The van der Waals surface area contributed by atoms with E-state index in [0.717, 1.165) is 51.5 Å². The van der Waals surface area contributed by atoms with Crippen LogP contribution in [0.3, 0.4) is 0 Å². The molecular formula is C19H30BrN3O3S. The zero-order valence-corrected chi connectivity index (χ0v) is 18.5. The second kappa shape index (κ2) is 8.76. The van der Waals surface area contributed by atoms with Crippen LogP contribution in [-0.2, 0) is 10.0 Å². The average Bonchev–Trinajstić information content (AvgIpc) is 2.63. The van der Waals surface area contributed by atoms with Gasteiger partial charge in [-0.1, -0.05) is 13.3 Å². The van der Waals surface area contributed by atoms with Crippen LogP contribution in [0.1, 0.15) is 57.4 Å². The smallest absolute Gasteiger partial charge is 0.245 e. The molecule has 1 aliphatic carbocycles. The maximum absolute atomic E-state index is 13.2. The van der Waals surface area contributed by atoms with E-state index < -0.39 is 10.0 Å². The predicted molar refractivity (Wildman–Crippen MR) is 110 cm³/mol. The van der Waals surface area contributed by atoms with Gasteiger partial charge < -0.3 is 10.4 Å². The molecule has 6 nitrogen and oxygen atoms in total. The molecule has 1 unspecified atom stereocenters. The van der Waals surface area contributed by atoms with E-state index in [4.69, 9.17) is 0 Å². The second-order valence-electron chi connectivity index (χ2n) is 7.79. The molecule has 8 heteroatoms. The minimum atomic E-state index is -3.54. The van der Waals surface area contributed by atoms with Crippen LogP contribution in [0.5, 0.6) is 0 Å². The van der Waals surface area contributed by atoms with E-state index in [2.05, 4.69) is 26.2 Å². The third-order valence-electron chi connectivity index (χ3n) is 5.90. The molecule has 0 amide bonds. The zero-order chi connectivity index (χ0) is 19.6. The first kappa shape index (κ1) is 21.0. The number of aliphatic hydroxyl groups is 1. The number of aromatic nitrogens is 1. The van der Waals surface area contributed by atoms with Gasteiger partial charge in [0.15, 0.2) is 0 Å². The van der Waals surface area contributed by atoms with Gasteiger partial charge in [0, 0.05) is 25.3 Å². The number of halogens is 1. The van der Waals surface area contributed by atoms with Crippen molar-refractivity contribution < 1.29 is 13.5 Å². The van der Waals surface area contributed by atoms with Crippen molar-refractivity contribution in [1.82, 2.24) is 9.29 Å². The van der Waals surface area contributed by atoms with Gasteiger partial charge in [-0.25, -0.2) is 13.4 Å². The monoisotopic (exact) mass is 459 g/mol. The largest absolute Gasteiger partial charge is 0.393 e. The minimum Gasteiger partial charge on any atom is -0.393 e. The highest BCUT2D eigenvalue weighted by Gasteiger charge is 2.34. The van der Waals surface area contributed by atoms with Crippen LogP contribution in [0.2, 0.25) is 0 Å². The molecule has 3 rings (SSSR count). The standard InChI is InChI=1S/C19H30BrN3O3S/c1-3-15-6-4-5-9-23(15)27(25,26)17-12-22-19(18(20)13(17)2)21-8-7-14-10-16(24)11-14/h12,14-16,24H,3-11H2,1-2H3,(H,21,22). The summed E-state index contributed by atoms with van der Waals surface area (Å²) in [6, 6.07) is 0.0811. The molecule has 0 bridgehead atoms. The fraction of sp³-hybridized carbons (Fsp3) is 0.737. The Labute approximate surface area is 170 Å². The van der Waals surface area contributed by atoms with E-state index in [1.807, 2.05) is 13.8 Å². The first-order valence-electron chi connectivity index (χ1n) is 9.93. The van der Waals surface area contributed by atoms with Gasteiger partial charge >= 0.3 is 0 Å². The highest BCUT2D eigenvalue weighted by Crippen LogP contribution is 2.34. The molecule has 2 heterocycles. The van der Waals surface area contributed by atoms with E-state index in [1.54, 1.807) is 4.31 Å². The lowest BCUT2D eigenvalue weighted by Gasteiger charge is -2.34. The molecule has 1 atom stereocenters. The Morgan fingerprint density at radius 3 is 2.78 bits per heavy atom. The summed E-state index contributed by atoms with van der Waals surface area (Å²) in [6.07, 6.45) is 7.87. The number of sulfonamides is 1. The summed E-state index contributed by atoms with van der Waals surface area (Å²) in [5.74, 6) is 1.24. The van der Waals surface area contributed by atoms with Crippen LogP contribution >= 0.6 is 15.9 Å². The lowest BCUT2D eigenvalue weighted by atomic mass is 9.80. The summed E-state index contributed by atoms with van der Waals surface area (Å²) in [4.78, 5) is 4.69. The molecule has 152 valence electrons. The number of hydrogen-bond donors (Lipinski definition) is 2. The van der Waals surface area contributed by atoms with E-state index >= 15 is 0 Å². The van der Waals surface area contributed by atoms with Crippen molar-refractivity contribution in [2.24, 2.45) is 5.92 Å². The number of hydrogen-bond acceptors (Lipinski definition) is 5. The van der Waals surface area contributed by atoms with Crippen LogP contribution in [0.4, 0.5) is 5.82 Å². The predicted octanol–water partition coefficient (Wildman–Crippen LogP) is 3.68. The number of pyridine rings is 1. The van der Waals surface area contributed by atoms with Crippen molar-refractivity contribution in [3.8, 4) is 0 Å². The molecule has 2 aliphatic rings. The summed E-state index contributed by atoms with van der Waals surface area (Å²) in [6.45, 7) is 5.23. The number of nitrogens with one attached hydrogen (secondary N) is 1. The number of piperidine rings is 1. The van der Waals surface area contributed by atoms with Crippen molar-refractivity contribution in [2.75, 3.05) is 18.4 Å². The van der Waals surface area contributed by atoms with Gasteiger partial charge in [0.05, 0.1) is 10.6 Å². The Bertz CT molecular complexity index is 766. The molecule has 1 saturated heterocycles. The molecule has 1 saturated carbocycles.